The van der Waals surface area contributed by atoms with Crippen LogP contribution in [-0.2, 0) is 6.54 Å². The van der Waals surface area contributed by atoms with Gasteiger partial charge in [-0.2, -0.15) is 0 Å². The van der Waals surface area contributed by atoms with Crippen LogP contribution in [0.2, 0.25) is 0 Å². The fourth-order valence-electron chi connectivity index (χ4n) is 1.67. The summed E-state index contributed by atoms with van der Waals surface area (Å²) in [4.78, 5) is 26.5. The molecule has 0 saturated heterocycles. The van der Waals surface area contributed by atoms with E-state index in [0.29, 0.717) is 16.0 Å². The lowest BCUT2D eigenvalue weighted by molar-refractivity contribution is 0.485. The van der Waals surface area contributed by atoms with Gasteiger partial charge in [0.1, 0.15) is 10.5 Å². The van der Waals surface area contributed by atoms with Crippen molar-refractivity contribution in [3.8, 4) is 0 Å². The fourth-order valence-corrected chi connectivity index (χ4v) is 2.47. The van der Waals surface area contributed by atoms with Crippen LogP contribution < -0.4 is 11.2 Å². The van der Waals surface area contributed by atoms with E-state index in [9.17, 15) is 9.59 Å². The molecule has 3 rings (SSSR count). The van der Waals surface area contributed by atoms with Gasteiger partial charge >= 0.3 is 5.69 Å². The molecule has 0 aliphatic rings. The highest BCUT2D eigenvalue weighted by Crippen LogP contribution is 2.12. The Morgan fingerprint density at radius 2 is 2.24 bits per heavy atom. The number of rotatable bonds is 2. The van der Waals surface area contributed by atoms with E-state index < -0.39 is 5.69 Å². The van der Waals surface area contributed by atoms with Crippen molar-refractivity contribution in [3.05, 3.63) is 56.4 Å². The lowest BCUT2D eigenvalue weighted by Crippen LogP contribution is -2.34. The average Bonchev–Trinajstić information content (AvgIpc) is 2.94. The van der Waals surface area contributed by atoms with Gasteiger partial charge in [-0.05, 0) is 23.6 Å². The first-order chi connectivity index (χ1) is 8.25. The molecule has 0 bridgehead atoms. The summed E-state index contributed by atoms with van der Waals surface area (Å²) in [6.45, 7) is 0.148. The summed E-state index contributed by atoms with van der Waals surface area (Å²) < 4.78 is 6.82. The Labute approximate surface area is 98.9 Å². The third-order valence-electron chi connectivity index (χ3n) is 2.49. The van der Waals surface area contributed by atoms with Crippen LogP contribution >= 0.6 is 11.3 Å². The Hall–Kier alpha value is -2.08. The van der Waals surface area contributed by atoms with Crippen LogP contribution in [0.3, 0.4) is 0 Å². The van der Waals surface area contributed by atoms with Gasteiger partial charge in [0, 0.05) is 0 Å². The third kappa shape index (κ3) is 1.62. The molecule has 3 aromatic heterocycles. The number of nitrogens with zero attached hydrogens (tertiary/aromatic N) is 1. The van der Waals surface area contributed by atoms with E-state index in [-0.39, 0.29) is 12.1 Å². The van der Waals surface area contributed by atoms with Crippen molar-refractivity contribution in [1.29, 1.82) is 0 Å². The van der Waals surface area contributed by atoms with Crippen LogP contribution in [-0.4, -0.2) is 9.55 Å². The fraction of sp³-hybridized carbons (Fsp3) is 0.0909. The molecule has 1 N–H and O–H groups in total. The second-order valence-corrected chi connectivity index (χ2v) is 4.48. The second-order valence-electron chi connectivity index (χ2n) is 3.56. The van der Waals surface area contributed by atoms with Crippen molar-refractivity contribution < 1.29 is 4.42 Å². The van der Waals surface area contributed by atoms with E-state index in [1.54, 1.807) is 23.6 Å². The van der Waals surface area contributed by atoms with Crippen LogP contribution in [0, 0.1) is 0 Å². The second kappa shape index (κ2) is 3.74. The molecule has 86 valence electrons. The van der Waals surface area contributed by atoms with Gasteiger partial charge in [-0.1, -0.05) is 0 Å². The number of furan rings is 1. The van der Waals surface area contributed by atoms with Crippen LogP contribution in [0.4, 0.5) is 0 Å². The standard InChI is InChI=1S/C11H8N2O3S/c14-10-9-8(3-5-17-9)12-11(15)13(10)6-7-2-1-4-16-7/h1-5H,6H2,(H,12,15). The Balaban J connectivity index is 2.22. The maximum Gasteiger partial charge on any atom is 0.329 e. The first-order valence-corrected chi connectivity index (χ1v) is 5.86. The molecule has 3 heterocycles. The zero-order valence-corrected chi connectivity index (χ0v) is 9.49. The number of H-pyrrole nitrogens is 1. The van der Waals surface area contributed by atoms with Gasteiger partial charge in [-0.25, -0.2) is 4.79 Å². The molecule has 0 aliphatic carbocycles. The first-order valence-electron chi connectivity index (χ1n) is 4.98. The van der Waals surface area contributed by atoms with E-state index in [0.717, 1.165) is 4.57 Å². The molecule has 0 fully saturated rings. The van der Waals surface area contributed by atoms with Crippen molar-refractivity contribution in [3.63, 3.8) is 0 Å². The minimum absolute atomic E-state index is 0.148. The Morgan fingerprint density at radius 3 is 3.00 bits per heavy atom. The Morgan fingerprint density at radius 1 is 1.35 bits per heavy atom. The largest absolute Gasteiger partial charge is 0.467 e. The molecule has 3 aromatic rings. The molecular weight excluding hydrogens is 240 g/mol. The summed E-state index contributed by atoms with van der Waals surface area (Å²) in [7, 11) is 0. The Kier molecular flexibility index (Phi) is 2.22. The topological polar surface area (TPSA) is 68.0 Å². The zero-order chi connectivity index (χ0) is 11.8. The van der Waals surface area contributed by atoms with Gasteiger partial charge in [0.25, 0.3) is 5.56 Å². The summed E-state index contributed by atoms with van der Waals surface area (Å²) in [5.41, 5.74) is -0.117. The van der Waals surface area contributed by atoms with Gasteiger partial charge in [0.15, 0.2) is 0 Å². The lowest BCUT2D eigenvalue weighted by Gasteiger charge is -2.01. The predicted molar refractivity (Wildman–Crippen MR) is 64.5 cm³/mol. The molecule has 0 unspecified atom stereocenters. The monoisotopic (exact) mass is 248 g/mol. The molecule has 0 aromatic carbocycles. The smallest absolute Gasteiger partial charge is 0.329 e. The number of thiophene rings is 1. The summed E-state index contributed by atoms with van der Waals surface area (Å²) in [6.07, 6.45) is 1.51. The van der Waals surface area contributed by atoms with E-state index in [1.807, 2.05) is 0 Å². The minimum Gasteiger partial charge on any atom is -0.467 e. The van der Waals surface area contributed by atoms with Gasteiger partial charge in [-0.15, -0.1) is 11.3 Å². The number of aromatic amines is 1. The van der Waals surface area contributed by atoms with E-state index in [1.165, 1.54) is 17.6 Å². The molecule has 5 nitrogen and oxygen atoms in total. The number of hydrogen-bond acceptors (Lipinski definition) is 4. The maximum atomic E-state index is 12.0. The summed E-state index contributed by atoms with van der Waals surface area (Å²) in [5.74, 6) is 0.577. The minimum atomic E-state index is -0.419. The molecule has 0 amide bonds. The lowest BCUT2D eigenvalue weighted by atomic mass is 10.4. The number of fused-ring (bicyclic) bond motifs is 1. The quantitative estimate of drug-likeness (QED) is 0.745. The molecular formula is C11H8N2O3S. The average molecular weight is 248 g/mol. The molecule has 17 heavy (non-hydrogen) atoms. The zero-order valence-electron chi connectivity index (χ0n) is 8.67. The molecule has 0 saturated carbocycles. The van der Waals surface area contributed by atoms with Gasteiger partial charge in [0.2, 0.25) is 0 Å². The molecule has 0 aliphatic heterocycles. The highest BCUT2D eigenvalue weighted by molar-refractivity contribution is 7.17. The summed E-state index contributed by atoms with van der Waals surface area (Å²) in [5, 5.41) is 1.78. The molecule has 6 heteroatoms. The highest BCUT2D eigenvalue weighted by atomic mass is 32.1. The molecule has 0 atom stereocenters. The van der Waals surface area contributed by atoms with Crippen molar-refractivity contribution in [1.82, 2.24) is 9.55 Å². The number of nitrogens with one attached hydrogen (secondary N) is 1. The van der Waals surface area contributed by atoms with E-state index in [4.69, 9.17) is 4.42 Å². The summed E-state index contributed by atoms with van der Waals surface area (Å²) >= 11 is 1.32. The van der Waals surface area contributed by atoms with Crippen LogP contribution in [0.1, 0.15) is 5.76 Å². The highest BCUT2D eigenvalue weighted by Gasteiger charge is 2.09. The van der Waals surface area contributed by atoms with E-state index >= 15 is 0 Å². The Bertz CT molecular complexity index is 764. The number of hydrogen-bond donors (Lipinski definition) is 1. The number of aromatic nitrogens is 2. The normalized spacial score (nSPS) is 11.1. The van der Waals surface area contributed by atoms with Crippen molar-refractivity contribution >= 4 is 21.6 Å². The van der Waals surface area contributed by atoms with Gasteiger partial charge in [0.05, 0.1) is 18.3 Å². The SMILES string of the molecule is O=c1[nH]c2ccsc2c(=O)n1Cc1ccco1. The van der Waals surface area contributed by atoms with E-state index in [2.05, 4.69) is 4.98 Å². The van der Waals surface area contributed by atoms with Crippen molar-refractivity contribution in [2.24, 2.45) is 0 Å². The third-order valence-corrected chi connectivity index (χ3v) is 3.39. The molecule has 0 radical (unpaired) electrons. The van der Waals surface area contributed by atoms with Gasteiger partial charge < -0.3 is 9.40 Å². The van der Waals surface area contributed by atoms with Crippen molar-refractivity contribution in [2.75, 3.05) is 0 Å². The van der Waals surface area contributed by atoms with Crippen LogP contribution in [0.5, 0.6) is 0 Å². The van der Waals surface area contributed by atoms with Crippen LogP contribution in [0.15, 0.2) is 43.8 Å². The molecule has 0 spiro atoms. The predicted octanol–water partition coefficient (Wildman–Crippen LogP) is 1.39. The maximum absolute atomic E-state index is 12.0. The van der Waals surface area contributed by atoms with Crippen LogP contribution in [0.25, 0.3) is 10.2 Å². The van der Waals surface area contributed by atoms with Gasteiger partial charge in [-0.3, -0.25) is 9.36 Å². The first kappa shape index (κ1) is 10.1. The van der Waals surface area contributed by atoms with Crippen molar-refractivity contribution in [2.45, 2.75) is 6.54 Å². The summed E-state index contributed by atoms with van der Waals surface area (Å²) in [6, 6.07) is 5.17.